The molecule has 1 aliphatic rings. The first kappa shape index (κ1) is 16.4. The molecule has 0 aromatic carbocycles. The summed E-state index contributed by atoms with van der Waals surface area (Å²) in [7, 11) is 1.82. The molecule has 0 heterocycles. The number of carbonyl (C=O) groups excluding carboxylic acids is 1. The summed E-state index contributed by atoms with van der Waals surface area (Å²) in [5, 5.41) is 20.2. The van der Waals surface area contributed by atoms with Crippen LogP contribution in [0.15, 0.2) is 0 Å². The molecule has 1 amide bonds. The topological polar surface area (TPSA) is 93.4 Å². The van der Waals surface area contributed by atoms with E-state index in [1.54, 1.807) is 0 Å². The monoisotopic (exact) mass is 281 g/mol. The van der Waals surface area contributed by atoms with E-state index in [1.807, 2.05) is 18.0 Å². The van der Waals surface area contributed by atoms with Crippen LogP contribution in [0, 0.1) is 11.3 Å². The van der Waals surface area contributed by atoms with Gasteiger partial charge in [-0.05, 0) is 19.9 Å². The van der Waals surface area contributed by atoms with E-state index in [9.17, 15) is 9.59 Å². The smallest absolute Gasteiger partial charge is 0.305 e. The molecule has 0 radical (unpaired) electrons. The number of nitrogens with one attached hydrogen (secondary N) is 1. The van der Waals surface area contributed by atoms with Crippen LogP contribution in [-0.2, 0) is 9.59 Å². The third-order valence-corrected chi connectivity index (χ3v) is 4.01. The number of nitriles is 1. The minimum atomic E-state index is -0.816. The predicted molar refractivity (Wildman–Crippen MR) is 73.9 cm³/mol. The van der Waals surface area contributed by atoms with Crippen LogP contribution in [0.4, 0.5) is 0 Å². The number of carboxylic acid groups (broad SMARTS) is 1. The standard InChI is InChI=1S/C14H23N3O3/c1-17(11-12(18)16-9-5-8-15)14(10-13(19)20)6-3-2-4-7-14/h2-7,9-11H2,1H3,(H,16,18)(H,19,20). The van der Waals surface area contributed by atoms with Gasteiger partial charge in [-0.25, -0.2) is 0 Å². The molecule has 0 unspecified atom stereocenters. The fourth-order valence-corrected chi connectivity index (χ4v) is 2.88. The normalized spacial score (nSPS) is 17.4. The summed E-state index contributed by atoms with van der Waals surface area (Å²) in [6.07, 6.45) is 5.15. The molecule has 2 N–H and O–H groups in total. The molecule has 6 heteroatoms. The summed E-state index contributed by atoms with van der Waals surface area (Å²) < 4.78 is 0. The number of carboxylic acids is 1. The van der Waals surface area contributed by atoms with Gasteiger partial charge in [0, 0.05) is 12.1 Å². The second-order valence-corrected chi connectivity index (χ2v) is 5.47. The van der Waals surface area contributed by atoms with E-state index >= 15 is 0 Å². The molecular formula is C14H23N3O3. The van der Waals surface area contributed by atoms with E-state index in [1.165, 1.54) is 0 Å². The number of amides is 1. The number of nitrogens with zero attached hydrogens (tertiary/aromatic N) is 2. The van der Waals surface area contributed by atoms with Crippen molar-refractivity contribution in [3.63, 3.8) is 0 Å². The first-order valence-electron chi connectivity index (χ1n) is 7.07. The van der Waals surface area contributed by atoms with Crippen LogP contribution in [0.5, 0.6) is 0 Å². The first-order chi connectivity index (χ1) is 9.50. The summed E-state index contributed by atoms with van der Waals surface area (Å²) in [4.78, 5) is 24.8. The highest BCUT2D eigenvalue weighted by Crippen LogP contribution is 2.35. The van der Waals surface area contributed by atoms with Crippen molar-refractivity contribution < 1.29 is 14.7 Å². The summed E-state index contributed by atoms with van der Waals surface area (Å²) in [6, 6.07) is 1.97. The third-order valence-electron chi connectivity index (χ3n) is 4.01. The Labute approximate surface area is 119 Å². The summed E-state index contributed by atoms with van der Waals surface area (Å²) >= 11 is 0. The molecule has 0 aliphatic heterocycles. The van der Waals surface area contributed by atoms with Gasteiger partial charge < -0.3 is 10.4 Å². The molecule has 0 bridgehead atoms. The van der Waals surface area contributed by atoms with Crippen LogP contribution in [-0.4, -0.2) is 47.6 Å². The molecule has 1 aliphatic carbocycles. The molecule has 0 atom stereocenters. The van der Waals surface area contributed by atoms with E-state index in [2.05, 4.69) is 5.32 Å². The van der Waals surface area contributed by atoms with Crippen LogP contribution in [0.2, 0.25) is 0 Å². The van der Waals surface area contributed by atoms with Gasteiger partial charge in [-0.3, -0.25) is 14.5 Å². The molecule has 112 valence electrons. The lowest BCUT2D eigenvalue weighted by atomic mass is 9.78. The van der Waals surface area contributed by atoms with E-state index in [-0.39, 0.29) is 25.3 Å². The number of aliphatic carboxylic acids is 1. The molecule has 0 aromatic rings. The maximum atomic E-state index is 11.8. The van der Waals surface area contributed by atoms with Crippen molar-refractivity contribution in [1.29, 1.82) is 5.26 Å². The van der Waals surface area contributed by atoms with Gasteiger partial charge >= 0.3 is 5.97 Å². The fourth-order valence-electron chi connectivity index (χ4n) is 2.88. The van der Waals surface area contributed by atoms with Crippen molar-refractivity contribution >= 4 is 11.9 Å². The average Bonchev–Trinajstić information content (AvgIpc) is 2.39. The van der Waals surface area contributed by atoms with Crippen LogP contribution in [0.3, 0.4) is 0 Å². The Hall–Kier alpha value is -1.61. The quantitative estimate of drug-likeness (QED) is 0.682. The van der Waals surface area contributed by atoms with Crippen LogP contribution < -0.4 is 5.32 Å². The molecule has 0 aromatic heterocycles. The van der Waals surface area contributed by atoms with E-state index in [4.69, 9.17) is 10.4 Å². The Morgan fingerprint density at radius 3 is 2.55 bits per heavy atom. The van der Waals surface area contributed by atoms with Gasteiger partial charge in [-0.2, -0.15) is 5.26 Å². The maximum absolute atomic E-state index is 11.8. The van der Waals surface area contributed by atoms with Gasteiger partial charge in [0.2, 0.25) is 5.91 Å². The SMILES string of the molecule is CN(CC(=O)NCCC#N)C1(CC(=O)O)CCCCC1. The number of hydrogen-bond donors (Lipinski definition) is 2. The Balaban J connectivity index is 2.59. The Bertz CT molecular complexity index is 384. The molecule has 0 saturated heterocycles. The highest BCUT2D eigenvalue weighted by molar-refractivity contribution is 5.78. The number of hydrogen-bond acceptors (Lipinski definition) is 4. The minimum absolute atomic E-state index is 0.0783. The molecule has 20 heavy (non-hydrogen) atoms. The van der Waals surface area contributed by atoms with Crippen molar-refractivity contribution in [3.05, 3.63) is 0 Å². The van der Waals surface area contributed by atoms with Crippen LogP contribution in [0.25, 0.3) is 0 Å². The van der Waals surface area contributed by atoms with Crippen molar-refractivity contribution in [3.8, 4) is 6.07 Å². The fraction of sp³-hybridized carbons (Fsp3) is 0.786. The summed E-state index contributed by atoms with van der Waals surface area (Å²) in [5.74, 6) is -0.971. The van der Waals surface area contributed by atoms with E-state index in [0.717, 1.165) is 32.1 Å². The van der Waals surface area contributed by atoms with Crippen molar-refractivity contribution in [2.45, 2.75) is 50.5 Å². The number of rotatable bonds is 7. The van der Waals surface area contributed by atoms with E-state index in [0.29, 0.717) is 6.54 Å². The zero-order valence-electron chi connectivity index (χ0n) is 12.0. The van der Waals surface area contributed by atoms with Crippen molar-refractivity contribution in [2.75, 3.05) is 20.1 Å². The molecule has 0 spiro atoms. The lowest BCUT2D eigenvalue weighted by molar-refractivity contribution is -0.142. The molecular weight excluding hydrogens is 258 g/mol. The molecule has 1 rings (SSSR count). The Kier molecular flexibility index (Phi) is 6.46. The molecule has 1 fully saturated rings. The maximum Gasteiger partial charge on any atom is 0.305 e. The predicted octanol–water partition coefficient (Wildman–Crippen LogP) is 1.13. The average molecular weight is 281 g/mol. The number of carbonyl (C=O) groups is 2. The van der Waals surface area contributed by atoms with Gasteiger partial charge in [0.05, 0.1) is 25.5 Å². The highest BCUT2D eigenvalue weighted by Gasteiger charge is 2.38. The summed E-state index contributed by atoms with van der Waals surface area (Å²) in [6.45, 7) is 0.522. The summed E-state index contributed by atoms with van der Waals surface area (Å²) in [5.41, 5.74) is -0.406. The van der Waals surface area contributed by atoms with Crippen LogP contribution >= 0.6 is 0 Å². The zero-order valence-corrected chi connectivity index (χ0v) is 12.0. The lowest BCUT2D eigenvalue weighted by Gasteiger charge is -2.43. The molecule has 1 saturated carbocycles. The van der Waals surface area contributed by atoms with Crippen LogP contribution in [0.1, 0.15) is 44.9 Å². The highest BCUT2D eigenvalue weighted by atomic mass is 16.4. The van der Waals surface area contributed by atoms with Gasteiger partial charge in [0.15, 0.2) is 0 Å². The largest absolute Gasteiger partial charge is 0.481 e. The van der Waals surface area contributed by atoms with E-state index < -0.39 is 11.5 Å². The second-order valence-electron chi connectivity index (χ2n) is 5.47. The Morgan fingerprint density at radius 2 is 2.00 bits per heavy atom. The van der Waals surface area contributed by atoms with Crippen molar-refractivity contribution in [2.24, 2.45) is 0 Å². The number of likely N-dealkylation sites (N-methyl/N-ethyl adjacent to an activating group) is 1. The minimum Gasteiger partial charge on any atom is -0.481 e. The van der Waals surface area contributed by atoms with Gasteiger partial charge in [0.25, 0.3) is 0 Å². The molecule has 6 nitrogen and oxygen atoms in total. The first-order valence-corrected chi connectivity index (χ1v) is 7.07. The Morgan fingerprint density at radius 1 is 1.35 bits per heavy atom. The zero-order chi connectivity index (χ0) is 15.0. The van der Waals surface area contributed by atoms with Crippen molar-refractivity contribution in [1.82, 2.24) is 10.2 Å². The third kappa shape index (κ3) is 4.82. The second kappa shape index (κ2) is 7.85. The van der Waals surface area contributed by atoms with Gasteiger partial charge in [-0.15, -0.1) is 0 Å². The van der Waals surface area contributed by atoms with Gasteiger partial charge in [0.1, 0.15) is 0 Å². The lowest BCUT2D eigenvalue weighted by Crippen LogP contribution is -2.52. The van der Waals surface area contributed by atoms with Gasteiger partial charge in [-0.1, -0.05) is 19.3 Å².